The van der Waals surface area contributed by atoms with Gasteiger partial charge in [0.2, 0.25) is 0 Å². The number of aromatic nitrogens is 2. The van der Waals surface area contributed by atoms with E-state index in [-0.39, 0.29) is 11.0 Å². The average molecular weight is 491 g/mol. The molecule has 0 bridgehead atoms. The van der Waals surface area contributed by atoms with Crippen LogP contribution in [-0.4, -0.2) is 9.97 Å². The van der Waals surface area contributed by atoms with E-state index < -0.39 is 0 Å². The van der Waals surface area contributed by atoms with Crippen LogP contribution in [0.1, 0.15) is 32.3 Å². The van der Waals surface area contributed by atoms with Gasteiger partial charge in [-0.05, 0) is 45.7 Å². The Labute approximate surface area is 221 Å². The molecule has 4 aromatic carbocycles. The first kappa shape index (κ1) is 23.5. The van der Waals surface area contributed by atoms with E-state index in [4.69, 9.17) is 4.98 Å². The zero-order valence-corrected chi connectivity index (χ0v) is 21.4. The Kier molecular flexibility index (Phi) is 5.67. The summed E-state index contributed by atoms with van der Waals surface area (Å²) in [7, 11) is 0. The van der Waals surface area contributed by atoms with Gasteiger partial charge < -0.3 is 4.98 Å². The Morgan fingerprint density at radius 1 is 0.816 bits per heavy atom. The molecule has 1 aromatic heterocycles. The van der Waals surface area contributed by atoms with Crippen LogP contribution >= 0.6 is 0 Å². The van der Waals surface area contributed by atoms with Gasteiger partial charge in [0.1, 0.15) is 23.5 Å². The van der Waals surface area contributed by atoms with Crippen molar-refractivity contribution in [2.45, 2.75) is 26.7 Å². The average Bonchev–Trinajstić information content (AvgIpc) is 3.38. The summed E-state index contributed by atoms with van der Waals surface area (Å²) in [4.78, 5) is 8.62. The van der Waals surface area contributed by atoms with E-state index in [9.17, 15) is 10.5 Å². The molecular weight excluding hydrogens is 464 g/mol. The first-order valence-electron chi connectivity index (χ1n) is 12.8. The molecule has 0 unspecified atom stereocenters. The minimum absolute atomic E-state index is 0.00218. The molecule has 6 rings (SSSR count). The molecule has 0 fully saturated rings. The van der Waals surface area contributed by atoms with E-state index >= 15 is 0 Å². The van der Waals surface area contributed by atoms with Gasteiger partial charge in [-0.15, -0.1) is 0 Å². The number of allylic oxidation sites excluding steroid dienone is 5. The molecule has 4 nitrogen and oxygen atoms in total. The number of hydrogen-bond acceptors (Lipinski definition) is 3. The maximum Gasteiger partial charge on any atom is 0.138 e. The first-order valence-corrected chi connectivity index (χ1v) is 12.8. The molecule has 0 radical (unpaired) electrons. The summed E-state index contributed by atoms with van der Waals surface area (Å²) < 4.78 is 0. The number of benzene rings is 4. The Balaban J connectivity index is 1.34. The number of fused-ring (bicyclic) bond motifs is 6. The van der Waals surface area contributed by atoms with Gasteiger partial charge in [-0.3, -0.25) is 0 Å². The third-order valence-corrected chi connectivity index (χ3v) is 7.30. The first-order chi connectivity index (χ1) is 18.5. The van der Waals surface area contributed by atoms with Crippen LogP contribution in [0, 0.1) is 28.1 Å². The van der Waals surface area contributed by atoms with Gasteiger partial charge in [0, 0.05) is 16.3 Å². The molecule has 5 aromatic rings. The molecule has 1 aliphatic rings. The van der Waals surface area contributed by atoms with Crippen molar-refractivity contribution in [2.24, 2.45) is 5.41 Å². The highest BCUT2D eigenvalue weighted by molar-refractivity contribution is 6.23. The van der Waals surface area contributed by atoms with Crippen molar-refractivity contribution < 1.29 is 0 Å². The van der Waals surface area contributed by atoms with Crippen molar-refractivity contribution in [3.05, 3.63) is 107 Å². The molecule has 0 spiro atoms. The highest BCUT2D eigenvalue weighted by atomic mass is 14.9. The highest BCUT2D eigenvalue weighted by Crippen LogP contribution is 2.40. The van der Waals surface area contributed by atoms with Crippen molar-refractivity contribution >= 4 is 38.7 Å². The minimum Gasteiger partial charge on any atom is -0.337 e. The van der Waals surface area contributed by atoms with Crippen molar-refractivity contribution in [2.75, 3.05) is 0 Å². The monoisotopic (exact) mass is 490 g/mol. The number of nitrogens with zero attached hydrogens (tertiary/aromatic N) is 3. The predicted octanol–water partition coefficient (Wildman–Crippen LogP) is 8.64. The molecule has 38 heavy (non-hydrogen) atoms. The minimum atomic E-state index is 0.00218. The molecule has 4 heteroatoms. The molecule has 0 atom stereocenters. The predicted molar refractivity (Wildman–Crippen MR) is 155 cm³/mol. The van der Waals surface area contributed by atoms with Crippen molar-refractivity contribution in [3.63, 3.8) is 0 Å². The summed E-state index contributed by atoms with van der Waals surface area (Å²) in [6, 6.07) is 29.4. The number of H-pyrrole nitrogens is 1. The van der Waals surface area contributed by atoms with Gasteiger partial charge in [-0.1, -0.05) is 105 Å². The van der Waals surface area contributed by atoms with Crippen LogP contribution in [0.3, 0.4) is 0 Å². The third kappa shape index (κ3) is 4.17. The van der Waals surface area contributed by atoms with Gasteiger partial charge >= 0.3 is 0 Å². The van der Waals surface area contributed by atoms with Gasteiger partial charge in [-0.2, -0.15) is 10.5 Å². The van der Waals surface area contributed by atoms with Crippen LogP contribution in [0.15, 0.2) is 102 Å². The fraction of sp³-hybridized carbons (Fsp3) is 0.147. The van der Waals surface area contributed by atoms with Crippen LogP contribution in [0.2, 0.25) is 0 Å². The number of aromatic amines is 1. The Morgan fingerprint density at radius 2 is 1.45 bits per heavy atom. The van der Waals surface area contributed by atoms with Crippen molar-refractivity contribution in [1.29, 1.82) is 10.5 Å². The standard InChI is InChI=1S/C34H26N4/c1-34(2)18-23(17-25(19-34)26(20-35)21-36)12-11-22-13-15-24(16-14-22)33-37-31-29-9-5-3-7-27(29)28-8-4-6-10-30(28)32(31)38-33/h3-17H,18-19H2,1-2H3,(H,37,38)/b12-11+. The molecule has 1 aliphatic carbocycles. The van der Waals surface area contributed by atoms with Crippen LogP contribution in [0.4, 0.5) is 0 Å². The highest BCUT2D eigenvalue weighted by Gasteiger charge is 2.26. The zero-order chi connectivity index (χ0) is 26.3. The fourth-order valence-electron chi connectivity index (χ4n) is 5.61. The quantitative estimate of drug-likeness (QED) is 0.203. The lowest BCUT2D eigenvalue weighted by Gasteiger charge is -2.30. The molecular formula is C34H26N4. The topological polar surface area (TPSA) is 76.3 Å². The van der Waals surface area contributed by atoms with E-state index in [1.807, 2.05) is 18.2 Å². The van der Waals surface area contributed by atoms with E-state index in [2.05, 4.69) is 104 Å². The Bertz CT molecular complexity index is 1810. The SMILES string of the molecule is CC1(C)CC(/C=C/c2ccc(-c3nc4c5ccccc5c5ccccc5c4[nH]3)cc2)=CC(=C(C#N)C#N)C1. The van der Waals surface area contributed by atoms with Crippen LogP contribution in [-0.2, 0) is 0 Å². The number of nitrogens with one attached hydrogen (secondary N) is 1. The number of hydrogen-bond donors (Lipinski definition) is 1. The lowest BCUT2D eigenvalue weighted by molar-refractivity contribution is 0.354. The summed E-state index contributed by atoms with van der Waals surface area (Å²) in [6.07, 6.45) is 7.82. The summed E-state index contributed by atoms with van der Waals surface area (Å²) in [5.41, 5.74) is 6.32. The summed E-state index contributed by atoms with van der Waals surface area (Å²) >= 11 is 0. The molecule has 0 saturated carbocycles. The molecule has 1 heterocycles. The zero-order valence-electron chi connectivity index (χ0n) is 21.4. The van der Waals surface area contributed by atoms with Crippen LogP contribution in [0.25, 0.3) is 50.0 Å². The lowest BCUT2D eigenvalue weighted by atomic mass is 9.74. The van der Waals surface area contributed by atoms with Gasteiger partial charge in [0.05, 0.1) is 11.0 Å². The van der Waals surface area contributed by atoms with Gasteiger partial charge in [0.15, 0.2) is 0 Å². The van der Waals surface area contributed by atoms with E-state index in [0.29, 0.717) is 0 Å². The van der Waals surface area contributed by atoms with Gasteiger partial charge in [0.25, 0.3) is 0 Å². The number of rotatable bonds is 3. The number of nitriles is 2. The van der Waals surface area contributed by atoms with Crippen molar-refractivity contribution in [1.82, 2.24) is 9.97 Å². The van der Waals surface area contributed by atoms with E-state index in [1.165, 1.54) is 16.2 Å². The molecule has 0 amide bonds. The molecule has 182 valence electrons. The second-order valence-corrected chi connectivity index (χ2v) is 10.7. The third-order valence-electron chi connectivity index (χ3n) is 7.30. The second kappa shape index (κ2) is 9.18. The number of imidazole rings is 1. The normalized spacial score (nSPS) is 15.1. The second-order valence-electron chi connectivity index (χ2n) is 10.7. The maximum atomic E-state index is 9.33. The fourth-order valence-corrected chi connectivity index (χ4v) is 5.61. The maximum absolute atomic E-state index is 9.33. The molecule has 0 saturated heterocycles. The summed E-state index contributed by atoms with van der Waals surface area (Å²) in [6.45, 7) is 4.35. The summed E-state index contributed by atoms with van der Waals surface area (Å²) in [5, 5.41) is 23.4. The van der Waals surface area contributed by atoms with Crippen molar-refractivity contribution in [3.8, 4) is 23.5 Å². The Morgan fingerprint density at radius 3 is 2.13 bits per heavy atom. The molecule has 0 aliphatic heterocycles. The smallest absolute Gasteiger partial charge is 0.138 e. The van der Waals surface area contributed by atoms with Gasteiger partial charge in [-0.25, -0.2) is 4.98 Å². The van der Waals surface area contributed by atoms with E-state index in [0.717, 1.165) is 57.4 Å². The largest absolute Gasteiger partial charge is 0.337 e. The lowest BCUT2D eigenvalue weighted by Crippen LogP contribution is -2.17. The van der Waals surface area contributed by atoms with Crippen LogP contribution < -0.4 is 0 Å². The Hall–Kier alpha value is -4.93. The summed E-state index contributed by atoms with van der Waals surface area (Å²) in [5.74, 6) is 0.851. The van der Waals surface area contributed by atoms with E-state index in [1.54, 1.807) is 0 Å². The molecule has 1 N–H and O–H groups in total. The van der Waals surface area contributed by atoms with Crippen LogP contribution in [0.5, 0.6) is 0 Å².